The van der Waals surface area contributed by atoms with Crippen molar-refractivity contribution in [3.8, 4) is 17.1 Å². The maximum atomic E-state index is 5.76. The van der Waals surface area contributed by atoms with E-state index in [4.69, 9.17) is 4.74 Å². The first-order valence-corrected chi connectivity index (χ1v) is 11.9. The Kier molecular flexibility index (Phi) is 12.1. The lowest BCUT2D eigenvalue weighted by atomic mass is 10.0. The monoisotopic (exact) mass is 396 g/mol. The number of hydrogen-bond acceptors (Lipinski definition) is 3. The molecule has 0 saturated carbocycles. The molecule has 0 amide bonds. The van der Waals surface area contributed by atoms with Gasteiger partial charge in [-0.15, -0.1) is 0 Å². The van der Waals surface area contributed by atoms with Gasteiger partial charge < -0.3 is 4.74 Å². The molecule has 1 heterocycles. The van der Waals surface area contributed by atoms with E-state index in [2.05, 4.69) is 48.1 Å². The van der Waals surface area contributed by atoms with Crippen molar-refractivity contribution in [2.45, 2.75) is 97.3 Å². The molecule has 2 rings (SSSR count). The molecule has 3 nitrogen and oxygen atoms in total. The van der Waals surface area contributed by atoms with Gasteiger partial charge in [-0.05, 0) is 24.8 Å². The number of benzene rings is 1. The van der Waals surface area contributed by atoms with Crippen LogP contribution in [0.25, 0.3) is 11.4 Å². The van der Waals surface area contributed by atoms with Crippen molar-refractivity contribution in [3.05, 3.63) is 42.2 Å². The quantitative estimate of drug-likeness (QED) is 0.272. The van der Waals surface area contributed by atoms with E-state index in [9.17, 15) is 0 Å². The molecule has 0 fully saturated rings. The zero-order valence-corrected chi connectivity index (χ0v) is 18.7. The maximum absolute atomic E-state index is 5.76. The first kappa shape index (κ1) is 23.4. The average Bonchev–Trinajstić information content (AvgIpc) is 2.76. The van der Waals surface area contributed by atoms with Gasteiger partial charge >= 0.3 is 0 Å². The van der Waals surface area contributed by atoms with Crippen molar-refractivity contribution in [1.29, 1.82) is 0 Å². The Labute approximate surface area is 178 Å². The van der Waals surface area contributed by atoms with Gasteiger partial charge in [0, 0.05) is 5.56 Å². The summed E-state index contributed by atoms with van der Waals surface area (Å²) >= 11 is 0. The molecule has 160 valence electrons. The van der Waals surface area contributed by atoms with Crippen molar-refractivity contribution in [1.82, 2.24) is 9.97 Å². The lowest BCUT2D eigenvalue weighted by molar-refractivity contribution is 0.302. The predicted octanol–water partition coefficient (Wildman–Crippen LogP) is 7.79. The smallest absolute Gasteiger partial charge is 0.159 e. The molecular weight excluding hydrogens is 356 g/mol. The van der Waals surface area contributed by atoms with Gasteiger partial charge in [-0.2, -0.15) is 0 Å². The Morgan fingerprint density at radius 1 is 0.655 bits per heavy atom. The third-order valence-corrected chi connectivity index (χ3v) is 5.43. The lowest BCUT2D eigenvalue weighted by Gasteiger charge is -2.07. The standard InChI is InChI=1S/C26H40N2O/c1-3-5-7-9-10-11-13-15-23-16-18-24(19-17-23)26-27-21-25(22-28-26)29-20-14-12-8-6-4-2/h16-19,21-22H,3-15,20H2,1-2H3. The van der Waals surface area contributed by atoms with Crippen LogP contribution in [-0.4, -0.2) is 16.6 Å². The Bertz CT molecular complexity index is 637. The summed E-state index contributed by atoms with van der Waals surface area (Å²) in [4.78, 5) is 8.96. The van der Waals surface area contributed by atoms with Crippen molar-refractivity contribution in [3.63, 3.8) is 0 Å². The number of rotatable bonds is 16. The Morgan fingerprint density at radius 3 is 1.83 bits per heavy atom. The van der Waals surface area contributed by atoms with E-state index in [1.807, 2.05) is 0 Å². The fraction of sp³-hybridized carbons (Fsp3) is 0.615. The van der Waals surface area contributed by atoms with Crippen molar-refractivity contribution < 1.29 is 4.74 Å². The molecule has 0 unspecified atom stereocenters. The first-order chi connectivity index (χ1) is 14.3. The van der Waals surface area contributed by atoms with Crippen molar-refractivity contribution >= 4 is 0 Å². The van der Waals surface area contributed by atoms with Gasteiger partial charge in [0.05, 0.1) is 19.0 Å². The largest absolute Gasteiger partial charge is 0.490 e. The van der Waals surface area contributed by atoms with Crippen LogP contribution in [0.2, 0.25) is 0 Å². The van der Waals surface area contributed by atoms with E-state index in [-0.39, 0.29) is 0 Å². The molecule has 0 saturated heterocycles. The second-order valence-electron chi connectivity index (χ2n) is 8.07. The number of aryl methyl sites for hydroxylation is 1. The fourth-order valence-electron chi connectivity index (χ4n) is 3.54. The highest BCUT2D eigenvalue weighted by molar-refractivity contribution is 5.55. The molecule has 1 aromatic heterocycles. The number of hydrogen-bond donors (Lipinski definition) is 0. The molecular formula is C26H40N2O. The maximum Gasteiger partial charge on any atom is 0.159 e. The van der Waals surface area contributed by atoms with Gasteiger partial charge in [0.2, 0.25) is 0 Å². The normalized spacial score (nSPS) is 11.0. The molecule has 29 heavy (non-hydrogen) atoms. The minimum atomic E-state index is 0.750. The number of unbranched alkanes of at least 4 members (excludes halogenated alkanes) is 10. The van der Waals surface area contributed by atoms with Gasteiger partial charge in [-0.25, -0.2) is 9.97 Å². The highest BCUT2D eigenvalue weighted by Gasteiger charge is 2.03. The van der Waals surface area contributed by atoms with Gasteiger partial charge in [0.15, 0.2) is 11.6 Å². The highest BCUT2D eigenvalue weighted by atomic mass is 16.5. The number of aromatic nitrogens is 2. The second kappa shape index (κ2) is 15.0. The van der Waals surface area contributed by atoms with E-state index in [1.165, 1.54) is 82.6 Å². The zero-order chi connectivity index (χ0) is 20.6. The molecule has 0 radical (unpaired) electrons. The molecule has 0 spiro atoms. The molecule has 0 aliphatic rings. The molecule has 0 aliphatic heterocycles. The van der Waals surface area contributed by atoms with Gasteiger partial charge in [-0.3, -0.25) is 0 Å². The Morgan fingerprint density at radius 2 is 1.21 bits per heavy atom. The third-order valence-electron chi connectivity index (χ3n) is 5.43. The van der Waals surface area contributed by atoms with Crippen LogP contribution >= 0.6 is 0 Å². The van der Waals surface area contributed by atoms with E-state index in [0.29, 0.717) is 0 Å². The van der Waals surface area contributed by atoms with Crippen LogP contribution in [0.1, 0.15) is 96.5 Å². The third kappa shape index (κ3) is 9.92. The molecule has 0 aliphatic carbocycles. The molecule has 3 heteroatoms. The van der Waals surface area contributed by atoms with Crippen LogP contribution in [0.5, 0.6) is 5.75 Å². The fourth-order valence-corrected chi connectivity index (χ4v) is 3.54. The number of nitrogens with zero attached hydrogens (tertiary/aromatic N) is 2. The summed E-state index contributed by atoms with van der Waals surface area (Å²) in [5, 5.41) is 0. The zero-order valence-electron chi connectivity index (χ0n) is 18.7. The van der Waals surface area contributed by atoms with E-state index >= 15 is 0 Å². The minimum Gasteiger partial charge on any atom is -0.490 e. The van der Waals surface area contributed by atoms with E-state index < -0.39 is 0 Å². The average molecular weight is 397 g/mol. The SMILES string of the molecule is CCCCCCCCCc1ccc(-c2ncc(OCCCCCCC)cn2)cc1. The molecule has 1 aromatic carbocycles. The molecule has 0 bridgehead atoms. The second-order valence-corrected chi connectivity index (χ2v) is 8.07. The highest BCUT2D eigenvalue weighted by Crippen LogP contribution is 2.19. The molecule has 2 aromatic rings. The Balaban J connectivity index is 1.68. The summed E-state index contributed by atoms with van der Waals surface area (Å²) in [7, 11) is 0. The van der Waals surface area contributed by atoms with Crippen LogP contribution < -0.4 is 4.74 Å². The molecule has 0 atom stereocenters. The molecule has 0 N–H and O–H groups in total. The van der Waals surface area contributed by atoms with E-state index in [1.54, 1.807) is 12.4 Å². The summed E-state index contributed by atoms with van der Waals surface area (Å²) in [6, 6.07) is 8.72. The Hall–Kier alpha value is -1.90. The van der Waals surface area contributed by atoms with Crippen molar-refractivity contribution in [2.24, 2.45) is 0 Å². The van der Waals surface area contributed by atoms with Gasteiger partial charge in [0.1, 0.15) is 0 Å². The minimum absolute atomic E-state index is 0.750. The number of ether oxygens (including phenoxy) is 1. The van der Waals surface area contributed by atoms with Crippen LogP contribution in [0.15, 0.2) is 36.7 Å². The van der Waals surface area contributed by atoms with Crippen LogP contribution in [0.4, 0.5) is 0 Å². The summed E-state index contributed by atoms with van der Waals surface area (Å²) in [6.07, 6.45) is 20.5. The topological polar surface area (TPSA) is 35.0 Å². The summed E-state index contributed by atoms with van der Waals surface area (Å²) < 4.78 is 5.76. The summed E-state index contributed by atoms with van der Waals surface area (Å²) in [5.41, 5.74) is 2.48. The van der Waals surface area contributed by atoms with E-state index in [0.717, 1.165) is 30.2 Å². The summed E-state index contributed by atoms with van der Waals surface area (Å²) in [6.45, 7) is 5.26. The predicted molar refractivity (Wildman–Crippen MR) is 123 cm³/mol. The summed E-state index contributed by atoms with van der Waals surface area (Å²) in [5.74, 6) is 1.53. The van der Waals surface area contributed by atoms with Crippen LogP contribution in [-0.2, 0) is 6.42 Å². The van der Waals surface area contributed by atoms with Gasteiger partial charge in [0.25, 0.3) is 0 Å². The lowest BCUT2D eigenvalue weighted by Crippen LogP contribution is -1.99. The van der Waals surface area contributed by atoms with Crippen molar-refractivity contribution in [2.75, 3.05) is 6.61 Å². The van der Waals surface area contributed by atoms with Crippen LogP contribution in [0, 0.1) is 0 Å². The van der Waals surface area contributed by atoms with Gasteiger partial charge in [-0.1, -0.05) is 102 Å². The first-order valence-electron chi connectivity index (χ1n) is 11.9. The van der Waals surface area contributed by atoms with Crippen LogP contribution in [0.3, 0.4) is 0 Å².